The van der Waals surface area contributed by atoms with Crippen molar-refractivity contribution in [3.63, 3.8) is 0 Å². The topological polar surface area (TPSA) is 77.2 Å². The van der Waals surface area contributed by atoms with Crippen molar-refractivity contribution >= 4 is 34.5 Å². The van der Waals surface area contributed by atoms with Crippen molar-refractivity contribution in [1.29, 1.82) is 0 Å². The molecule has 1 heterocycles. The Morgan fingerprint density at radius 2 is 0.857 bits per heavy atom. The van der Waals surface area contributed by atoms with Gasteiger partial charge in [0.1, 0.15) is 0 Å². The quantitative estimate of drug-likeness (QED) is 0.362. The largest absolute Gasteiger partial charge is 0.287 e. The Kier molecular flexibility index (Phi) is 5.09. The summed E-state index contributed by atoms with van der Waals surface area (Å²) < 4.78 is 0. The average Bonchev–Trinajstić information content (AvgIpc) is 3.36. The van der Waals surface area contributed by atoms with E-state index in [-0.39, 0.29) is 23.0 Å². The molecule has 4 aromatic carbocycles. The maximum absolute atomic E-state index is 13.1. The number of hydrogen-bond acceptors (Lipinski definition) is 5. The first-order chi connectivity index (χ1) is 17.2. The molecule has 0 unspecified atom stereocenters. The van der Waals surface area contributed by atoms with E-state index in [0.717, 1.165) is 15.9 Å². The standard InChI is InChI=1S/C28H19N4O2P/c33-27-23-18-10-11-19-24(23)28(34)26-25(27)29-32(30-26)31-35(20-12-4-1-5-13-20,21-14-6-2-7-15-21)22-16-8-3-9-17-22/h1-19H. The van der Waals surface area contributed by atoms with Crippen LogP contribution in [0.4, 0.5) is 0 Å². The minimum Gasteiger partial charge on any atom is -0.287 e. The lowest BCUT2D eigenvalue weighted by molar-refractivity contribution is 0.0974. The van der Waals surface area contributed by atoms with Gasteiger partial charge in [0.2, 0.25) is 11.6 Å². The summed E-state index contributed by atoms with van der Waals surface area (Å²) in [7, 11) is -2.65. The fraction of sp³-hybridized carbons (Fsp3) is 0. The first kappa shape index (κ1) is 21.1. The van der Waals surface area contributed by atoms with Crippen molar-refractivity contribution in [3.8, 4) is 0 Å². The second-order valence-electron chi connectivity index (χ2n) is 8.10. The monoisotopic (exact) mass is 474 g/mol. The normalized spacial score (nSPS) is 12.7. The number of fused-ring (bicyclic) bond motifs is 2. The lowest BCUT2D eigenvalue weighted by Crippen LogP contribution is -2.26. The zero-order valence-corrected chi connectivity index (χ0v) is 19.4. The molecule has 6 nitrogen and oxygen atoms in total. The molecule has 0 bridgehead atoms. The van der Waals surface area contributed by atoms with Crippen LogP contribution < -0.4 is 15.9 Å². The summed E-state index contributed by atoms with van der Waals surface area (Å²) in [4.78, 5) is 32.6. The van der Waals surface area contributed by atoms with Gasteiger partial charge in [-0.3, -0.25) is 9.59 Å². The van der Waals surface area contributed by atoms with Gasteiger partial charge in [-0.2, -0.15) is 0 Å². The zero-order valence-electron chi connectivity index (χ0n) is 18.5. The minimum atomic E-state index is -2.65. The first-order valence-corrected chi connectivity index (χ1v) is 12.9. The highest BCUT2D eigenvalue weighted by atomic mass is 31.2. The van der Waals surface area contributed by atoms with E-state index in [1.807, 2.05) is 91.0 Å². The Balaban J connectivity index is 1.66. The van der Waals surface area contributed by atoms with E-state index in [4.69, 9.17) is 4.85 Å². The van der Waals surface area contributed by atoms with Gasteiger partial charge in [0.15, 0.2) is 11.4 Å². The highest BCUT2D eigenvalue weighted by molar-refractivity contribution is 7.87. The number of hydrogen-bond donors (Lipinski definition) is 0. The van der Waals surface area contributed by atoms with Crippen LogP contribution in [0.3, 0.4) is 0 Å². The predicted octanol–water partition coefficient (Wildman–Crippen LogP) is 3.99. The number of rotatable bonds is 4. The summed E-state index contributed by atoms with van der Waals surface area (Å²) in [5.74, 6) is -0.639. The van der Waals surface area contributed by atoms with Crippen LogP contribution in [0.15, 0.2) is 120 Å². The molecule has 0 radical (unpaired) electrons. The average molecular weight is 474 g/mol. The Bertz CT molecular complexity index is 1470. The van der Waals surface area contributed by atoms with Crippen LogP contribution in [0.1, 0.15) is 32.1 Å². The van der Waals surface area contributed by atoms with Gasteiger partial charge in [0.25, 0.3) is 0 Å². The Hall–Kier alpha value is -4.41. The smallest absolute Gasteiger partial charge is 0.216 e. The molecule has 0 saturated heterocycles. The number of carbonyl (C=O) groups is 2. The van der Waals surface area contributed by atoms with Crippen molar-refractivity contribution < 1.29 is 9.59 Å². The van der Waals surface area contributed by atoms with E-state index in [2.05, 4.69) is 10.2 Å². The fourth-order valence-corrected chi connectivity index (χ4v) is 7.76. The molecule has 7 heteroatoms. The molecule has 0 spiro atoms. The second-order valence-corrected chi connectivity index (χ2v) is 11.1. The third-order valence-corrected chi connectivity index (χ3v) is 9.62. The number of nitrogens with zero attached hydrogens (tertiary/aromatic N) is 4. The third kappa shape index (κ3) is 3.38. The summed E-state index contributed by atoms with van der Waals surface area (Å²) in [5, 5.41) is 11.9. The minimum absolute atomic E-state index is 0.0322. The van der Waals surface area contributed by atoms with E-state index < -0.39 is 7.05 Å². The SMILES string of the molecule is O=C1c2ccccc2C(=O)c2nn(N=P(c3ccccc3)(c3ccccc3)c3ccccc3)nc21. The third-order valence-electron chi connectivity index (χ3n) is 6.05. The number of aromatic nitrogens is 3. The molecule has 0 aliphatic heterocycles. The molecule has 0 saturated carbocycles. The predicted molar refractivity (Wildman–Crippen MR) is 136 cm³/mol. The molecule has 35 heavy (non-hydrogen) atoms. The van der Waals surface area contributed by atoms with Crippen LogP contribution in [0.2, 0.25) is 0 Å². The van der Waals surface area contributed by atoms with Gasteiger partial charge in [-0.05, 0) is 0 Å². The van der Waals surface area contributed by atoms with E-state index in [0.29, 0.717) is 11.1 Å². The summed E-state index contributed by atoms with van der Waals surface area (Å²) in [5.41, 5.74) is 0.744. The van der Waals surface area contributed by atoms with Gasteiger partial charge >= 0.3 is 0 Å². The van der Waals surface area contributed by atoms with E-state index >= 15 is 0 Å². The van der Waals surface area contributed by atoms with Gasteiger partial charge < -0.3 is 0 Å². The highest BCUT2D eigenvalue weighted by Gasteiger charge is 2.35. The molecular weight excluding hydrogens is 455 g/mol. The summed E-state index contributed by atoms with van der Waals surface area (Å²) in [6, 6.07) is 36.8. The van der Waals surface area contributed by atoms with Crippen LogP contribution in [0.25, 0.3) is 0 Å². The van der Waals surface area contributed by atoms with E-state index in [1.54, 1.807) is 24.3 Å². The van der Waals surface area contributed by atoms with E-state index in [9.17, 15) is 9.59 Å². The van der Waals surface area contributed by atoms with Gasteiger partial charge in [0.05, 0.1) is 7.05 Å². The van der Waals surface area contributed by atoms with Crippen molar-refractivity contribution in [1.82, 2.24) is 15.1 Å². The molecule has 1 aromatic heterocycles. The molecule has 0 amide bonds. The Morgan fingerprint density at radius 3 is 1.23 bits per heavy atom. The molecule has 1 aliphatic rings. The van der Waals surface area contributed by atoms with Gasteiger partial charge in [-0.25, -0.2) is 0 Å². The zero-order chi connectivity index (χ0) is 23.8. The van der Waals surface area contributed by atoms with Crippen LogP contribution in [-0.2, 0) is 0 Å². The molecule has 1 aliphatic carbocycles. The molecule has 0 fully saturated rings. The maximum atomic E-state index is 13.1. The summed E-state index contributed by atoms with van der Waals surface area (Å²) in [6.07, 6.45) is 0. The fourth-order valence-electron chi connectivity index (χ4n) is 4.43. The highest BCUT2D eigenvalue weighted by Crippen LogP contribution is 2.46. The molecule has 5 aromatic rings. The van der Waals surface area contributed by atoms with Crippen LogP contribution in [0.5, 0.6) is 0 Å². The Morgan fingerprint density at radius 1 is 0.514 bits per heavy atom. The maximum Gasteiger partial charge on any atom is 0.216 e. The number of ketones is 2. The van der Waals surface area contributed by atoms with Crippen molar-refractivity contribution in [2.24, 2.45) is 4.85 Å². The van der Waals surface area contributed by atoms with Gasteiger partial charge in [-0.1, -0.05) is 120 Å². The number of carbonyl (C=O) groups excluding carboxylic acids is 2. The van der Waals surface area contributed by atoms with Crippen LogP contribution >= 0.6 is 7.05 Å². The van der Waals surface area contributed by atoms with Crippen molar-refractivity contribution in [2.75, 3.05) is 0 Å². The van der Waals surface area contributed by atoms with Gasteiger partial charge in [-0.15, -0.1) is 15.1 Å². The second kappa shape index (κ2) is 8.42. The number of benzene rings is 4. The van der Waals surface area contributed by atoms with E-state index in [1.165, 1.54) is 4.91 Å². The summed E-state index contributed by atoms with van der Waals surface area (Å²) >= 11 is 0. The molecule has 0 atom stereocenters. The first-order valence-electron chi connectivity index (χ1n) is 11.1. The van der Waals surface area contributed by atoms with Crippen LogP contribution in [-0.4, -0.2) is 26.7 Å². The Labute approximate surface area is 201 Å². The van der Waals surface area contributed by atoms with Crippen molar-refractivity contribution in [3.05, 3.63) is 138 Å². The molecule has 6 rings (SSSR count). The molecule has 0 N–H and O–H groups in total. The molecule has 168 valence electrons. The van der Waals surface area contributed by atoms with Crippen molar-refractivity contribution in [2.45, 2.75) is 0 Å². The van der Waals surface area contributed by atoms with Crippen LogP contribution in [0, 0.1) is 0 Å². The van der Waals surface area contributed by atoms with Gasteiger partial charge in [0, 0.05) is 27.0 Å². The summed E-state index contributed by atoms with van der Waals surface area (Å²) in [6.45, 7) is 0. The lowest BCUT2D eigenvalue weighted by atomic mass is 9.90. The lowest BCUT2D eigenvalue weighted by Gasteiger charge is -2.25. The molecular formula is C28H19N4O2P.